The van der Waals surface area contributed by atoms with Gasteiger partial charge in [0.2, 0.25) is 0 Å². The fourth-order valence-corrected chi connectivity index (χ4v) is 3.26. The van der Waals surface area contributed by atoms with Crippen molar-refractivity contribution in [3.63, 3.8) is 0 Å². The quantitative estimate of drug-likeness (QED) is 0.845. The summed E-state index contributed by atoms with van der Waals surface area (Å²) >= 11 is 5.55. The number of nitrogens with zero attached hydrogens (tertiary/aromatic N) is 2. The molecule has 2 aromatic rings. The fraction of sp³-hybridized carbons (Fsp3) is 0.316. The van der Waals surface area contributed by atoms with Crippen molar-refractivity contribution in [1.29, 1.82) is 0 Å². The molecule has 1 heterocycles. The maximum Gasteiger partial charge on any atom is 0.173 e. The van der Waals surface area contributed by atoms with Crippen molar-refractivity contribution in [2.45, 2.75) is 6.92 Å². The number of rotatable bonds is 3. The number of piperazine rings is 1. The Morgan fingerprint density at radius 2 is 1.84 bits per heavy atom. The molecule has 1 aliphatic rings. The molecule has 0 aliphatic carbocycles. The van der Waals surface area contributed by atoms with Gasteiger partial charge in [0.25, 0.3) is 0 Å². The molecule has 132 valence electrons. The normalized spacial score (nSPS) is 14.4. The summed E-state index contributed by atoms with van der Waals surface area (Å²) in [7, 11) is 1.64. The zero-order chi connectivity index (χ0) is 17.8. The SMILES string of the molecule is COc1ccc(C)cc1NC(=S)N1CCN(c2ccccc2F)CC1. The molecular formula is C19H22FN3OS. The Kier molecular flexibility index (Phi) is 5.38. The van der Waals surface area contributed by atoms with E-state index in [1.807, 2.05) is 37.3 Å². The van der Waals surface area contributed by atoms with Gasteiger partial charge in [-0.05, 0) is 49.0 Å². The maximum absolute atomic E-state index is 13.9. The Hall–Kier alpha value is -2.34. The minimum absolute atomic E-state index is 0.179. The highest BCUT2D eigenvalue weighted by Gasteiger charge is 2.21. The van der Waals surface area contributed by atoms with Gasteiger partial charge >= 0.3 is 0 Å². The van der Waals surface area contributed by atoms with E-state index in [2.05, 4.69) is 15.1 Å². The highest BCUT2D eigenvalue weighted by molar-refractivity contribution is 7.80. The molecule has 0 radical (unpaired) electrons. The molecule has 1 saturated heterocycles. The highest BCUT2D eigenvalue weighted by atomic mass is 32.1. The Bertz CT molecular complexity index is 760. The van der Waals surface area contributed by atoms with Crippen molar-refractivity contribution in [1.82, 2.24) is 4.90 Å². The molecule has 0 bridgehead atoms. The summed E-state index contributed by atoms with van der Waals surface area (Å²) in [6, 6.07) is 12.8. The smallest absolute Gasteiger partial charge is 0.173 e. The molecule has 0 amide bonds. The fourth-order valence-electron chi connectivity index (χ4n) is 2.97. The number of ether oxygens (including phenoxy) is 1. The van der Waals surface area contributed by atoms with Crippen molar-refractivity contribution < 1.29 is 9.13 Å². The van der Waals surface area contributed by atoms with Crippen LogP contribution in [-0.4, -0.2) is 43.3 Å². The van der Waals surface area contributed by atoms with Gasteiger partial charge < -0.3 is 19.9 Å². The zero-order valence-corrected chi connectivity index (χ0v) is 15.3. The Morgan fingerprint density at radius 3 is 2.52 bits per heavy atom. The summed E-state index contributed by atoms with van der Waals surface area (Å²) in [6.07, 6.45) is 0. The summed E-state index contributed by atoms with van der Waals surface area (Å²) in [6.45, 7) is 4.98. The van der Waals surface area contributed by atoms with Gasteiger partial charge in [-0.1, -0.05) is 18.2 Å². The first-order valence-corrected chi connectivity index (χ1v) is 8.69. The third-order valence-electron chi connectivity index (χ3n) is 4.36. The molecule has 25 heavy (non-hydrogen) atoms. The number of hydrogen-bond donors (Lipinski definition) is 1. The second-order valence-electron chi connectivity index (χ2n) is 6.06. The molecule has 1 aliphatic heterocycles. The van der Waals surface area contributed by atoms with Crippen molar-refractivity contribution in [2.24, 2.45) is 0 Å². The van der Waals surface area contributed by atoms with E-state index in [0.29, 0.717) is 10.8 Å². The Morgan fingerprint density at radius 1 is 1.12 bits per heavy atom. The van der Waals surface area contributed by atoms with Crippen LogP contribution in [-0.2, 0) is 0 Å². The molecule has 0 unspecified atom stereocenters. The zero-order valence-electron chi connectivity index (χ0n) is 14.5. The second-order valence-corrected chi connectivity index (χ2v) is 6.45. The topological polar surface area (TPSA) is 27.7 Å². The number of nitrogens with one attached hydrogen (secondary N) is 1. The molecule has 0 aromatic heterocycles. The van der Waals surface area contributed by atoms with Gasteiger partial charge in [0.15, 0.2) is 5.11 Å². The van der Waals surface area contributed by atoms with Crippen LogP contribution in [0, 0.1) is 12.7 Å². The number of para-hydroxylation sites is 1. The Balaban J connectivity index is 1.62. The standard InChI is InChI=1S/C19H22FN3OS/c1-14-7-8-18(24-2)16(13-14)21-19(25)23-11-9-22(10-12-23)17-6-4-3-5-15(17)20/h3-8,13H,9-12H2,1-2H3,(H,21,25). The van der Waals surface area contributed by atoms with Crippen LogP contribution in [0.25, 0.3) is 0 Å². The van der Waals surface area contributed by atoms with Crippen LogP contribution < -0.4 is 15.0 Å². The summed E-state index contributed by atoms with van der Waals surface area (Å²) in [5, 5.41) is 3.94. The number of aryl methyl sites for hydroxylation is 1. The van der Waals surface area contributed by atoms with Crippen molar-refractivity contribution >= 4 is 28.7 Å². The lowest BCUT2D eigenvalue weighted by atomic mass is 10.2. The van der Waals surface area contributed by atoms with Gasteiger partial charge in [0.1, 0.15) is 11.6 Å². The van der Waals surface area contributed by atoms with E-state index in [1.165, 1.54) is 6.07 Å². The van der Waals surface area contributed by atoms with E-state index >= 15 is 0 Å². The number of anilines is 2. The predicted molar refractivity (Wildman–Crippen MR) is 104 cm³/mol. The van der Waals surface area contributed by atoms with Crippen LogP contribution in [0.15, 0.2) is 42.5 Å². The minimum atomic E-state index is -0.179. The summed E-state index contributed by atoms with van der Waals surface area (Å²) in [5.74, 6) is 0.582. The number of hydrogen-bond acceptors (Lipinski definition) is 3. The molecular weight excluding hydrogens is 337 g/mol. The van der Waals surface area contributed by atoms with Crippen LogP contribution in [0.2, 0.25) is 0 Å². The van der Waals surface area contributed by atoms with Gasteiger partial charge in [0.05, 0.1) is 18.5 Å². The van der Waals surface area contributed by atoms with E-state index in [0.717, 1.165) is 43.2 Å². The lowest BCUT2D eigenvalue weighted by Crippen LogP contribution is -2.50. The van der Waals surface area contributed by atoms with Gasteiger partial charge in [-0.3, -0.25) is 0 Å². The van der Waals surface area contributed by atoms with E-state index in [-0.39, 0.29) is 5.82 Å². The molecule has 3 rings (SSSR count). The van der Waals surface area contributed by atoms with E-state index in [1.54, 1.807) is 13.2 Å². The molecule has 1 fully saturated rings. The van der Waals surface area contributed by atoms with Gasteiger partial charge in [-0.15, -0.1) is 0 Å². The largest absolute Gasteiger partial charge is 0.495 e. The van der Waals surface area contributed by atoms with E-state index in [9.17, 15) is 4.39 Å². The van der Waals surface area contributed by atoms with Crippen molar-refractivity contribution in [2.75, 3.05) is 43.5 Å². The monoisotopic (exact) mass is 359 g/mol. The van der Waals surface area contributed by atoms with E-state index < -0.39 is 0 Å². The van der Waals surface area contributed by atoms with Crippen LogP contribution in [0.4, 0.5) is 15.8 Å². The summed E-state index contributed by atoms with van der Waals surface area (Å²) in [5.41, 5.74) is 2.65. The van der Waals surface area contributed by atoms with Crippen LogP contribution >= 0.6 is 12.2 Å². The molecule has 6 heteroatoms. The lowest BCUT2D eigenvalue weighted by Gasteiger charge is -2.37. The number of halogens is 1. The van der Waals surface area contributed by atoms with Gasteiger partial charge in [-0.2, -0.15) is 0 Å². The number of methoxy groups -OCH3 is 1. The van der Waals surface area contributed by atoms with Gasteiger partial charge in [-0.25, -0.2) is 4.39 Å². The maximum atomic E-state index is 13.9. The first-order chi connectivity index (χ1) is 12.1. The average molecular weight is 359 g/mol. The molecule has 0 spiro atoms. The second kappa shape index (κ2) is 7.70. The van der Waals surface area contributed by atoms with Crippen molar-refractivity contribution in [3.05, 3.63) is 53.8 Å². The van der Waals surface area contributed by atoms with Crippen LogP contribution in [0.1, 0.15) is 5.56 Å². The van der Waals surface area contributed by atoms with Gasteiger partial charge in [0, 0.05) is 26.2 Å². The predicted octanol–water partition coefficient (Wildman–Crippen LogP) is 3.66. The molecule has 2 aromatic carbocycles. The third-order valence-corrected chi connectivity index (χ3v) is 4.72. The Labute approximate surface area is 153 Å². The molecule has 0 saturated carbocycles. The summed E-state index contributed by atoms with van der Waals surface area (Å²) < 4.78 is 19.3. The third kappa shape index (κ3) is 4.02. The number of thiocarbonyl (C=S) groups is 1. The van der Waals surface area contributed by atoms with Crippen LogP contribution in [0.5, 0.6) is 5.75 Å². The van der Waals surface area contributed by atoms with Crippen molar-refractivity contribution in [3.8, 4) is 5.75 Å². The first kappa shape index (κ1) is 17.5. The molecule has 4 nitrogen and oxygen atoms in total. The minimum Gasteiger partial charge on any atom is -0.495 e. The first-order valence-electron chi connectivity index (χ1n) is 8.28. The summed E-state index contributed by atoms with van der Waals surface area (Å²) in [4.78, 5) is 4.16. The number of benzene rings is 2. The molecule has 0 atom stereocenters. The highest BCUT2D eigenvalue weighted by Crippen LogP contribution is 2.26. The average Bonchev–Trinajstić information content (AvgIpc) is 2.62. The molecule has 1 N–H and O–H groups in total. The van der Waals surface area contributed by atoms with E-state index in [4.69, 9.17) is 17.0 Å². The lowest BCUT2D eigenvalue weighted by molar-refractivity contribution is 0.388. The van der Waals surface area contributed by atoms with Crippen LogP contribution in [0.3, 0.4) is 0 Å².